The number of likely N-dealkylation sites (tertiary alicyclic amines) is 1. The first-order valence-electron chi connectivity index (χ1n) is 7.68. The first kappa shape index (κ1) is 14.5. The van der Waals surface area contributed by atoms with E-state index in [4.69, 9.17) is 5.73 Å². The number of rotatable bonds is 4. The maximum atomic E-state index is 5.91. The third kappa shape index (κ3) is 3.37. The van der Waals surface area contributed by atoms with Gasteiger partial charge in [0.2, 0.25) is 0 Å². The largest absolute Gasteiger partial charge is 0.330 e. The third-order valence-electron chi connectivity index (χ3n) is 4.87. The summed E-state index contributed by atoms with van der Waals surface area (Å²) in [7, 11) is 0. The van der Waals surface area contributed by atoms with E-state index < -0.39 is 0 Å². The molecule has 0 aliphatic carbocycles. The Balaban J connectivity index is 2.04. The van der Waals surface area contributed by atoms with Crippen molar-refractivity contribution in [3.63, 3.8) is 0 Å². The van der Waals surface area contributed by atoms with E-state index in [-0.39, 0.29) is 0 Å². The molecular weight excluding hydrogens is 232 g/mol. The van der Waals surface area contributed by atoms with Crippen molar-refractivity contribution in [3.05, 3.63) is 35.4 Å². The SMILES string of the molecule is CCc1ccc(C(C)N2CCC(C)C(CN)C2)cc1. The summed E-state index contributed by atoms with van der Waals surface area (Å²) >= 11 is 0. The first-order valence-corrected chi connectivity index (χ1v) is 7.68. The minimum Gasteiger partial charge on any atom is -0.330 e. The topological polar surface area (TPSA) is 29.3 Å². The lowest BCUT2D eigenvalue weighted by Crippen LogP contribution is -2.43. The molecule has 2 heteroatoms. The molecule has 0 radical (unpaired) electrons. The van der Waals surface area contributed by atoms with Crippen LogP contribution in [-0.2, 0) is 6.42 Å². The van der Waals surface area contributed by atoms with Crippen LogP contribution in [0, 0.1) is 11.8 Å². The molecule has 3 atom stereocenters. The summed E-state index contributed by atoms with van der Waals surface area (Å²) in [5.74, 6) is 1.43. The van der Waals surface area contributed by atoms with Gasteiger partial charge in [0.25, 0.3) is 0 Å². The molecule has 0 bridgehead atoms. The van der Waals surface area contributed by atoms with E-state index in [0.717, 1.165) is 25.4 Å². The fourth-order valence-electron chi connectivity index (χ4n) is 3.08. The second-order valence-corrected chi connectivity index (χ2v) is 6.03. The minimum absolute atomic E-state index is 0.507. The highest BCUT2D eigenvalue weighted by Gasteiger charge is 2.28. The van der Waals surface area contributed by atoms with Gasteiger partial charge >= 0.3 is 0 Å². The highest BCUT2D eigenvalue weighted by molar-refractivity contribution is 5.24. The summed E-state index contributed by atoms with van der Waals surface area (Å²) in [4.78, 5) is 2.60. The molecule has 3 unspecified atom stereocenters. The van der Waals surface area contributed by atoms with E-state index in [1.165, 1.54) is 24.1 Å². The van der Waals surface area contributed by atoms with Gasteiger partial charge in [0.05, 0.1) is 0 Å². The molecular formula is C17H28N2. The highest BCUT2D eigenvalue weighted by Crippen LogP contribution is 2.29. The summed E-state index contributed by atoms with van der Waals surface area (Å²) in [5, 5.41) is 0. The fraction of sp³-hybridized carbons (Fsp3) is 0.647. The van der Waals surface area contributed by atoms with Gasteiger partial charge in [-0.05, 0) is 55.8 Å². The Morgan fingerprint density at radius 3 is 2.58 bits per heavy atom. The molecule has 0 saturated carbocycles. The zero-order chi connectivity index (χ0) is 13.8. The predicted molar refractivity (Wildman–Crippen MR) is 82.1 cm³/mol. The lowest BCUT2D eigenvalue weighted by Gasteiger charge is -2.40. The lowest BCUT2D eigenvalue weighted by atomic mass is 9.86. The number of nitrogens with zero attached hydrogens (tertiary/aromatic N) is 1. The number of hydrogen-bond acceptors (Lipinski definition) is 2. The van der Waals surface area contributed by atoms with Gasteiger partial charge in [0, 0.05) is 12.6 Å². The lowest BCUT2D eigenvalue weighted by molar-refractivity contribution is 0.0978. The normalized spacial score (nSPS) is 26.3. The number of piperidine rings is 1. The average molecular weight is 260 g/mol. The van der Waals surface area contributed by atoms with Crippen LogP contribution < -0.4 is 5.73 Å². The maximum Gasteiger partial charge on any atom is 0.0320 e. The maximum absolute atomic E-state index is 5.91. The summed E-state index contributed by atoms with van der Waals surface area (Å²) < 4.78 is 0. The van der Waals surface area contributed by atoms with Crippen LogP contribution in [0.3, 0.4) is 0 Å². The van der Waals surface area contributed by atoms with Crippen LogP contribution in [0.4, 0.5) is 0 Å². The van der Waals surface area contributed by atoms with E-state index in [0.29, 0.717) is 12.0 Å². The molecule has 1 saturated heterocycles. The standard InChI is InChI=1S/C17H28N2/c1-4-15-5-7-16(8-6-15)14(3)19-10-9-13(2)17(11-18)12-19/h5-8,13-14,17H,4,9-12,18H2,1-3H3. The van der Waals surface area contributed by atoms with E-state index >= 15 is 0 Å². The second kappa shape index (κ2) is 6.53. The molecule has 1 aliphatic heterocycles. The van der Waals surface area contributed by atoms with E-state index in [1.54, 1.807) is 0 Å². The van der Waals surface area contributed by atoms with Crippen LogP contribution in [0.1, 0.15) is 44.4 Å². The van der Waals surface area contributed by atoms with Crippen molar-refractivity contribution in [3.8, 4) is 0 Å². The van der Waals surface area contributed by atoms with E-state index in [9.17, 15) is 0 Å². The van der Waals surface area contributed by atoms with Crippen LogP contribution in [0.15, 0.2) is 24.3 Å². The Hall–Kier alpha value is -0.860. The minimum atomic E-state index is 0.507. The van der Waals surface area contributed by atoms with Crippen molar-refractivity contribution in [2.75, 3.05) is 19.6 Å². The summed E-state index contributed by atoms with van der Waals surface area (Å²) in [5.41, 5.74) is 8.76. The molecule has 0 amide bonds. The molecule has 0 spiro atoms. The zero-order valence-corrected chi connectivity index (χ0v) is 12.6. The second-order valence-electron chi connectivity index (χ2n) is 6.03. The smallest absolute Gasteiger partial charge is 0.0320 e. The van der Waals surface area contributed by atoms with Crippen LogP contribution in [-0.4, -0.2) is 24.5 Å². The highest BCUT2D eigenvalue weighted by atomic mass is 15.2. The van der Waals surface area contributed by atoms with Gasteiger partial charge in [-0.2, -0.15) is 0 Å². The summed E-state index contributed by atoms with van der Waals surface area (Å²) in [6, 6.07) is 9.61. The number of nitrogens with two attached hydrogens (primary N) is 1. The summed E-state index contributed by atoms with van der Waals surface area (Å²) in [6.07, 6.45) is 2.39. The van der Waals surface area contributed by atoms with Gasteiger partial charge in [-0.3, -0.25) is 4.90 Å². The predicted octanol–water partition coefficient (Wildman–Crippen LogP) is 3.23. The molecule has 2 nitrogen and oxygen atoms in total. The quantitative estimate of drug-likeness (QED) is 0.900. The molecule has 19 heavy (non-hydrogen) atoms. The molecule has 0 aromatic heterocycles. The molecule has 2 rings (SSSR count). The zero-order valence-electron chi connectivity index (χ0n) is 12.6. The van der Waals surface area contributed by atoms with Gasteiger partial charge in [-0.15, -0.1) is 0 Å². The van der Waals surface area contributed by atoms with Crippen molar-refractivity contribution in [1.82, 2.24) is 4.90 Å². The molecule has 1 aromatic carbocycles. The van der Waals surface area contributed by atoms with E-state index in [2.05, 4.69) is 49.9 Å². The Morgan fingerprint density at radius 2 is 2.00 bits per heavy atom. The first-order chi connectivity index (χ1) is 9.15. The fourth-order valence-corrected chi connectivity index (χ4v) is 3.08. The summed E-state index contributed by atoms with van der Waals surface area (Å²) in [6.45, 7) is 10.0. The molecule has 2 N–H and O–H groups in total. The Bertz CT molecular complexity index is 385. The van der Waals surface area contributed by atoms with Crippen molar-refractivity contribution in [1.29, 1.82) is 0 Å². The monoisotopic (exact) mass is 260 g/mol. The third-order valence-corrected chi connectivity index (χ3v) is 4.87. The van der Waals surface area contributed by atoms with Crippen LogP contribution in [0.25, 0.3) is 0 Å². The number of aryl methyl sites for hydroxylation is 1. The molecule has 1 aromatic rings. The average Bonchev–Trinajstić information content (AvgIpc) is 2.47. The Labute approximate surface area is 118 Å². The van der Waals surface area contributed by atoms with Crippen molar-refractivity contribution < 1.29 is 0 Å². The van der Waals surface area contributed by atoms with Gasteiger partial charge in [-0.1, -0.05) is 38.1 Å². The van der Waals surface area contributed by atoms with Crippen LogP contribution in [0.5, 0.6) is 0 Å². The van der Waals surface area contributed by atoms with Gasteiger partial charge in [0.15, 0.2) is 0 Å². The van der Waals surface area contributed by atoms with Crippen molar-refractivity contribution in [2.24, 2.45) is 17.6 Å². The van der Waals surface area contributed by atoms with Crippen LogP contribution in [0.2, 0.25) is 0 Å². The van der Waals surface area contributed by atoms with Gasteiger partial charge < -0.3 is 5.73 Å². The molecule has 1 fully saturated rings. The van der Waals surface area contributed by atoms with Crippen molar-refractivity contribution in [2.45, 2.75) is 39.7 Å². The van der Waals surface area contributed by atoms with E-state index in [1.807, 2.05) is 0 Å². The molecule has 1 heterocycles. The molecule has 1 aliphatic rings. The van der Waals surface area contributed by atoms with Gasteiger partial charge in [-0.25, -0.2) is 0 Å². The Kier molecular flexibility index (Phi) is 5.00. The van der Waals surface area contributed by atoms with Gasteiger partial charge in [0.1, 0.15) is 0 Å². The number of hydrogen-bond donors (Lipinski definition) is 1. The number of benzene rings is 1. The molecule has 106 valence electrons. The van der Waals surface area contributed by atoms with Crippen molar-refractivity contribution >= 4 is 0 Å². The van der Waals surface area contributed by atoms with Crippen LogP contribution >= 0.6 is 0 Å². The Morgan fingerprint density at radius 1 is 1.32 bits per heavy atom.